The van der Waals surface area contributed by atoms with Gasteiger partial charge in [0.15, 0.2) is 0 Å². The van der Waals surface area contributed by atoms with Crippen LogP contribution >= 0.6 is 0 Å². The van der Waals surface area contributed by atoms with Gasteiger partial charge in [0.05, 0.1) is 19.4 Å². The summed E-state index contributed by atoms with van der Waals surface area (Å²) in [6.07, 6.45) is 6.74. The lowest BCUT2D eigenvalue weighted by Gasteiger charge is -2.23. The Morgan fingerprint density at radius 3 is 2.58 bits per heavy atom. The van der Waals surface area contributed by atoms with Gasteiger partial charge in [-0.3, -0.25) is 4.98 Å². The predicted octanol–water partition coefficient (Wildman–Crippen LogP) is 4.54. The number of aromatic nitrogens is 4. The summed E-state index contributed by atoms with van der Waals surface area (Å²) in [5.41, 5.74) is 1.60. The van der Waals surface area contributed by atoms with Gasteiger partial charge in [-0.2, -0.15) is 4.98 Å². The third-order valence-corrected chi connectivity index (χ3v) is 4.85. The van der Waals surface area contributed by atoms with E-state index >= 15 is 0 Å². The van der Waals surface area contributed by atoms with Crippen LogP contribution in [-0.2, 0) is 4.74 Å². The molecule has 8 heteroatoms. The first-order chi connectivity index (χ1) is 15.3. The van der Waals surface area contributed by atoms with Gasteiger partial charge in [0.2, 0.25) is 11.7 Å². The van der Waals surface area contributed by atoms with Crippen LogP contribution in [-0.4, -0.2) is 39.4 Å². The lowest BCUT2D eigenvalue weighted by Crippen LogP contribution is -2.25. The molecule has 0 unspecified atom stereocenters. The summed E-state index contributed by atoms with van der Waals surface area (Å²) in [4.78, 5) is 12.6. The molecule has 1 aliphatic heterocycles. The lowest BCUT2D eigenvalue weighted by molar-refractivity contribution is 0.0256. The van der Waals surface area contributed by atoms with Gasteiger partial charge >= 0.3 is 0 Å². The highest BCUT2D eigenvalue weighted by atomic mass is 16.5. The standard InChI is InChI=1S/C23H20N4O4/c1-2-17(14-20(3-1)30-21-15-24-10-11-25-21)23-26-22(27-31-23)16-4-6-18(7-5-16)29-19-8-12-28-13-9-19/h1-7,10-11,14-15,19H,8-9,12-13H2. The summed E-state index contributed by atoms with van der Waals surface area (Å²) in [6, 6.07) is 15.1. The van der Waals surface area contributed by atoms with Crippen LogP contribution in [0.4, 0.5) is 0 Å². The average Bonchev–Trinajstić information content (AvgIpc) is 3.32. The van der Waals surface area contributed by atoms with Crippen LogP contribution in [0, 0.1) is 0 Å². The highest BCUT2D eigenvalue weighted by Gasteiger charge is 2.16. The van der Waals surface area contributed by atoms with Gasteiger partial charge in [-0.05, 0) is 42.5 Å². The summed E-state index contributed by atoms with van der Waals surface area (Å²) in [5.74, 6) is 2.75. The number of benzene rings is 2. The van der Waals surface area contributed by atoms with Crippen LogP contribution < -0.4 is 9.47 Å². The molecule has 31 heavy (non-hydrogen) atoms. The first-order valence-corrected chi connectivity index (χ1v) is 10.1. The average molecular weight is 416 g/mol. The van der Waals surface area contributed by atoms with Crippen LogP contribution in [0.25, 0.3) is 22.8 Å². The zero-order valence-corrected chi connectivity index (χ0v) is 16.7. The van der Waals surface area contributed by atoms with Gasteiger partial charge in [-0.15, -0.1) is 0 Å². The number of hydrogen-bond donors (Lipinski definition) is 0. The van der Waals surface area contributed by atoms with Crippen molar-refractivity contribution in [2.75, 3.05) is 13.2 Å². The molecule has 8 nitrogen and oxygen atoms in total. The van der Waals surface area contributed by atoms with Crippen molar-refractivity contribution < 1.29 is 18.7 Å². The van der Waals surface area contributed by atoms with Crippen LogP contribution in [0.3, 0.4) is 0 Å². The highest BCUT2D eigenvalue weighted by molar-refractivity contribution is 5.61. The lowest BCUT2D eigenvalue weighted by atomic mass is 10.1. The molecule has 1 aliphatic rings. The van der Waals surface area contributed by atoms with E-state index in [0.717, 1.165) is 42.9 Å². The van der Waals surface area contributed by atoms with E-state index in [1.165, 1.54) is 0 Å². The highest BCUT2D eigenvalue weighted by Crippen LogP contribution is 2.28. The van der Waals surface area contributed by atoms with Gasteiger partial charge < -0.3 is 18.7 Å². The largest absolute Gasteiger partial charge is 0.490 e. The van der Waals surface area contributed by atoms with Gasteiger partial charge in [0, 0.05) is 36.4 Å². The van der Waals surface area contributed by atoms with Crippen molar-refractivity contribution in [3.8, 4) is 40.2 Å². The smallest absolute Gasteiger partial charge is 0.258 e. The van der Waals surface area contributed by atoms with Crippen molar-refractivity contribution in [2.24, 2.45) is 0 Å². The molecule has 0 N–H and O–H groups in total. The van der Waals surface area contributed by atoms with Gasteiger partial charge in [-0.1, -0.05) is 11.2 Å². The van der Waals surface area contributed by atoms with E-state index < -0.39 is 0 Å². The second kappa shape index (κ2) is 8.93. The van der Waals surface area contributed by atoms with E-state index in [0.29, 0.717) is 23.3 Å². The van der Waals surface area contributed by atoms with E-state index in [1.807, 2.05) is 48.5 Å². The van der Waals surface area contributed by atoms with Crippen LogP contribution in [0.1, 0.15) is 12.8 Å². The Morgan fingerprint density at radius 1 is 0.903 bits per heavy atom. The first kappa shape index (κ1) is 19.2. The Kier molecular flexibility index (Phi) is 5.53. The second-order valence-electron chi connectivity index (χ2n) is 7.05. The van der Waals surface area contributed by atoms with Crippen molar-refractivity contribution in [3.05, 3.63) is 67.1 Å². The fraction of sp³-hybridized carbons (Fsp3) is 0.217. The maximum Gasteiger partial charge on any atom is 0.258 e. The Hall–Kier alpha value is -3.78. The van der Waals surface area contributed by atoms with Crippen LogP contribution in [0.2, 0.25) is 0 Å². The summed E-state index contributed by atoms with van der Waals surface area (Å²) in [6.45, 7) is 1.50. The van der Waals surface area contributed by atoms with E-state index in [1.54, 1.807) is 18.6 Å². The minimum atomic E-state index is 0.202. The molecule has 0 radical (unpaired) electrons. The molecule has 0 bridgehead atoms. The third-order valence-electron chi connectivity index (χ3n) is 4.85. The zero-order valence-electron chi connectivity index (χ0n) is 16.7. The summed E-state index contributed by atoms with van der Waals surface area (Å²) in [5, 5.41) is 4.12. The van der Waals surface area contributed by atoms with Gasteiger partial charge in [0.1, 0.15) is 17.6 Å². The predicted molar refractivity (Wildman–Crippen MR) is 112 cm³/mol. The van der Waals surface area contributed by atoms with Crippen molar-refractivity contribution in [3.63, 3.8) is 0 Å². The van der Waals surface area contributed by atoms with Crippen LogP contribution in [0.5, 0.6) is 17.4 Å². The summed E-state index contributed by atoms with van der Waals surface area (Å²) >= 11 is 0. The molecular weight excluding hydrogens is 396 g/mol. The molecule has 1 fully saturated rings. The Bertz CT molecular complexity index is 1130. The molecule has 3 heterocycles. The molecule has 0 aliphatic carbocycles. The Labute approximate surface area is 178 Å². The fourth-order valence-corrected chi connectivity index (χ4v) is 3.28. The van der Waals surface area contributed by atoms with E-state index in [4.69, 9.17) is 18.7 Å². The minimum absolute atomic E-state index is 0.202. The SMILES string of the molecule is c1cc(Oc2cnccn2)cc(-c2nc(-c3ccc(OC4CCOCC4)cc3)no2)c1. The fourth-order valence-electron chi connectivity index (χ4n) is 3.28. The summed E-state index contributed by atoms with van der Waals surface area (Å²) in [7, 11) is 0. The van der Waals surface area contributed by atoms with Gasteiger partial charge in [-0.25, -0.2) is 4.98 Å². The van der Waals surface area contributed by atoms with Gasteiger partial charge in [0.25, 0.3) is 5.89 Å². The van der Waals surface area contributed by atoms with Crippen LogP contribution in [0.15, 0.2) is 71.6 Å². The Morgan fingerprint density at radius 2 is 1.77 bits per heavy atom. The minimum Gasteiger partial charge on any atom is -0.490 e. The van der Waals surface area contributed by atoms with Crippen molar-refractivity contribution in [1.82, 2.24) is 20.1 Å². The number of ether oxygens (including phenoxy) is 3. The van der Waals surface area contributed by atoms with Crippen molar-refractivity contribution in [2.45, 2.75) is 18.9 Å². The molecule has 2 aromatic heterocycles. The van der Waals surface area contributed by atoms with E-state index in [2.05, 4.69) is 20.1 Å². The topological polar surface area (TPSA) is 92.4 Å². The maximum absolute atomic E-state index is 6.01. The second-order valence-corrected chi connectivity index (χ2v) is 7.05. The van der Waals surface area contributed by atoms with Crippen molar-refractivity contribution >= 4 is 0 Å². The number of rotatable bonds is 6. The number of hydrogen-bond acceptors (Lipinski definition) is 8. The molecule has 0 spiro atoms. The first-order valence-electron chi connectivity index (χ1n) is 10.1. The molecule has 5 rings (SSSR count). The molecule has 4 aromatic rings. The third kappa shape index (κ3) is 4.70. The molecule has 0 atom stereocenters. The summed E-state index contributed by atoms with van der Waals surface area (Å²) < 4.78 is 22.6. The quantitative estimate of drug-likeness (QED) is 0.452. The number of nitrogens with zero attached hydrogens (tertiary/aromatic N) is 4. The van der Waals surface area contributed by atoms with E-state index in [9.17, 15) is 0 Å². The van der Waals surface area contributed by atoms with E-state index in [-0.39, 0.29) is 6.10 Å². The molecule has 0 saturated carbocycles. The van der Waals surface area contributed by atoms with Crippen molar-refractivity contribution in [1.29, 1.82) is 0 Å². The molecule has 156 valence electrons. The zero-order chi connectivity index (χ0) is 20.9. The molecule has 0 amide bonds. The molecule has 2 aromatic carbocycles. The monoisotopic (exact) mass is 416 g/mol. The molecule has 1 saturated heterocycles. The Balaban J connectivity index is 1.29. The maximum atomic E-state index is 6.01. The molecular formula is C23H20N4O4. The normalized spacial score (nSPS) is 14.3.